The minimum atomic E-state index is -0.171. The smallest absolute Gasteiger partial charge is 0.124 e. The largest absolute Gasteiger partial charge is 0.361 e. The Labute approximate surface area is 151 Å². The highest BCUT2D eigenvalue weighted by molar-refractivity contribution is 7.97. The molecule has 1 unspecified atom stereocenters. The zero-order valence-corrected chi connectivity index (χ0v) is 15.7. The maximum Gasteiger partial charge on any atom is 0.124 e. The summed E-state index contributed by atoms with van der Waals surface area (Å²) in [6.45, 7) is 4.25. The number of thioether (sulfide) groups is 1. The van der Waals surface area contributed by atoms with Crippen LogP contribution in [0, 0.1) is 12.7 Å². The van der Waals surface area contributed by atoms with Gasteiger partial charge in [-0.05, 0) is 66.1 Å². The van der Waals surface area contributed by atoms with Gasteiger partial charge in [-0.25, -0.2) is 4.39 Å². The third-order valence-electron chi connectivity index (χ3n) is 4.56. The zero-order chi connectivity index (χ0) is 17.3. The van der Waals surface area contributed by atoms with Gasteiger partial charge in [0, 0.05) is 33.8 Å². The van der Waals surface area contributed by atoms with Gasteiger partial charge in [0.25, 0.3) is 0 Å². The van der Waals surface area contributed by atoms with Crippen LogP contribution in [0.1, 0.15) is 41.5 Å². The van der Waals surface area contributed by atoms with Crippen molar-refractivity contribution in [3.63, 3.8) is 0 Å². The van der Waals surface area contributed by atoms with E-state index in [1.165, 1.54) is 11.1 Å². The Balaban J connectivity index is 2.16. The predicted octanol–water partition coefficient (Wildman–Crippen LogP) is 6.67. The van der Waals surface area contributed by atoms with Crippen LogP contribution >= 0.6 is 23.4 Å². The summed E-state index contributed by atoms with van der Waals surface area (Å²) in [6, 6.07) is 9.30. The summed E-state index contributed by atoms with van der Waals surface area (Å²) in [5, 5.41) is 1.73. The van der Waals surface area contributed by atoms with Crippen LogP contribution in [0.4, 0.5) is 4.39 Å². The molecule has 126 valence electrons. The number of H-pyrrole nitrogens is 1. The fraction of sp³-hybridized carbons (Fsp3) is 0.300. The van der Waals surface area contributed by atoms with E-state index in [9.17, 15) is 4.39 Å². The van der Waals surface area contributed by atoms with Crippen LogP contribution in [0.25, 0.3) is 10.9 Å². The van der Waals surface area contributed by atoms with Gasteiger partial charge >= 0.3 is 0 Å². The Morgan fingerprint density at radius 1 is 1.21 bits per heavy atom. The first-order valence-corrected chi connectivity index (χ1v) is 9.86. The third kappa shape index (κ3) is 3.20. The number of aryl methyl sites for hydroxylation is 1. The van der Waals surface area contributed by atoms with Crippen LogP contribution in [0.5, 0.6) is 0 Å². The summed E-state index contributed by atoms with van der Waals surface area (Å²) < 4.78 is 14.1. The number of hydrogen-bond acceptors (Lipinski definition) is 1. The number of fused-ring (bicyclic) bond motifs is 1. The van der Waals surface area contributed by atoms with E-state index in [1.54, 1.807) is 23.9 Å². The number of rotatable bonds is 5. The minimum Gasteiger partial charge on any atom is -0.361 e. The molecule has 2 aromatic carbocycles. The van der Waals surface area contributed by atoms with Crippen LogP contribution in [-0.2, 0) is 5.75 Å². The molecule has 0 aliphatic heterocycles. The van der Waals surface area contributed by atoms with Crippen molar-refractivity contribution in [2.75, 3.05) is 6.26 Å². The molecule has 0 bridgehead atoms. The van der Waals surface area contributed by atoms with Crippen molar-refractivity contribution < 1.29 is 4.39 Å². The Kier molecular flexibility index (Phi) is 5.21. The molecule has 0 amide bonds. The van der Waals surface area contributed by atoms with E-state index in [0.717, 1.165) is 39.2 Å². The highest BCUT2D eigenvalue weighted by atomic mass is 35.5. The average Bonchev–Trinajstić information content (AvgIpc) is 2.94. The summed E-state index contributed by atoms with van der Waals surface area (Å²) in [5.41, 5.74) is 5.64. The van der Waals surface area contributed by atoms with Gasteiger partial charge in [-0.2, -0.15) is 11.8 Å². The average molecular weight is 362 g/mol. The molecule has 24 heavy (non-hydrogen) atoms. The van der Waals surface area contributed by atoms with E-state index in [2.05, 4.69) is 24.9 Å². The second kappa shape index (κ2) is 7.20. The summed E-state index contributed by atoms with van der Waals surface area (Å²) in [5.74, 6) is 0.848. The first-order chi connectivity index (χ1) is 11.5. The van der Waals surface area contributed by atoms with E-state index in [0.29, 0.717) is 0 Å². The highest BCUT2D eigenvalue weighted by Gasteiger charge is 2.20. The number of hydrogen-bond donors (Lipinski definition) is 1. The normalized spacial score (nSPS) is 12.7. The Morgan fingerprint density at radius 2 is 2.00 bits per heavy atom. The van der Waals surface area contributed by atoms with E-state index in [4.69, 9.17) is 11.6 Å². The fourth-order valence-electron chi connectivity index (χ4n) is 3.48. The molecule has 1 nitrogen and oxygen atoms in total. The topological polar surface area (TPSA) is 15.8 Å². The maximum absolute atomic E-state index is 14.1. The van der Waals surface area contributed by atoms with E-state index in [-0.39, 0.29) is 11.7 Å². The lowest BCUT2D eigenvalue weighted by molar-refractivity contribution is 0.628. The van der Waals surface area contributed by atoms with Gasteiger partial charge < -0.3 is 4.98 Å². The molecule has 0 aliphatic carbocycles. The first kappa shape index (κ1) is 17.4. The lowest BCUT2D eigenvalue weighted by atomic mass is 9.86. The van der Waals surface area contributed by atoms with E-state index < -0.39 is 0 Å². The van der Waals surface area contributed by atoms with Crippen molar-refractivity contribution in [3.8, 4) is 0 Å². The van der Waals surface area contributed by atoms with Crippen molar-refractivity contribution in [2.24, 2.45) is 0 Å². The Bertz CT molecular complexity index is 871. The van der Waals surface area contributed by atoms with E-state index in [1.807, 2.05) is 24.6 Å². The molecular formula is C20H21ClFNS. The quantitative estimate of drug-likeness (QED) is 0.536. The van der Waals surface area contributed by atoms with E-state index >= 15 is 0 Å². The summed E-state index contributed by atoms with van der Waals surface area (Å²) >= 11 is 7.80. The molecule has 1 N–H and O–H groups in total. The van der Waals surface area contributed by atoms with Crippen LogP contribution in [-0.4, -0.2) is 11.2 Å². The Hall–Kier alpha value is -1.45. The minimum absolute atomic E-state index is 0.171. The van der Waals surface area contributed by atoms with Gasteiger partial charge in [0.05, 0.1) is 0 Å². The fourth-order valence-corrected chi connectivity index (χ4v) is 4.25. The third-order valence-corrected chi connectivity index (χ3v) is 5.39. The van der Waals surface area contributed by atoms with Gasteiger partial charge in [0.1, 0.15) is 5.82 Å². The molecule has 0 spiro atoms. The van der Waals surface area contributed by atoms with Crippen LogP contribution in [0.15, 0.2) is 36.5 Å². The monoisotopic (exact) mass is 361 g/mol. The number of halogens is 2. The van der Waals surface area contributed by atoms with Gasteiger partial charge in [-0.3, -0.25) is 0 Å². The summed E-state index contributed by atoms with van der Waals surface area (Å²) in [4.78, 5) is 3.38. The molecule has 3 rings (SSSR count). The molecule has 0 saturated carbocycles. The van der Waals surface area contributed by atoms with Crippen LogP contribution in [0.3, 0.4) is 0 Å². The molecule has 0 fully saturated rings. The summed E-state index contributed by atoms with van der Waals surface area (Å²) in [6.07, 6.45) is 5.02. The SMILES string of the molecule is CCC(c1ccc(Cl)cc1C)c1c[nH]c2c(CSC)cc(F)cc12. The van der Waals surface area contributed by atoms with Crippen LogP contribution < -0.4 is 0 Å². The van der Waals surface area contributed by atoms with Crippen molar-refractivity contribution in [3.05, 3.63) is 69.6 Å². The molecule has 4 heteroatoms. The molecule has 0 radical (unpaired) electrons. The van der Waals surface area contributed by atoms with Crippen molar-refractivity contribution >= 4 is 34.3 Å². The number of benzene rings is 2. The second-order valence-corrected chi connectivity index (χ2v) is 7.43. The van der Waals surface area contributed by atoms with Crippen molar-refractivity contribution in [1.29, 1.82) is 0 Å². The standard InChI is InChI=1S/C20H21ClFNS/c1-4-16(17-6-5-14(21)7-12(17)2)19-10-23-20-13(11-24-3)8-15(22)9-18(19)20/h5-10,16,23H,4,11H2,1-3H3. The molecule has 0 aliphatic rings. The lowest BCUT2D eigenvalue weighted by Gasteiger charge is -2.18. The first-order valence-electron chi connectivity index (χ1n) is 8.09. The van der Waals surface area contributed by atoms with Crippen molar-refractivity contribution in [1.82, 2.24) is 4.98 Å². The molecule has 3 aromatic rings. The van der Waals surface area contributed by atoms with Crippen LogP contribution in [0.2, 0.25) is 5.02 Å². The lowest BCUT2D eigenvalue weighted by Crippen LogP contribution is -2.01. The molecule has 0 saturated heterocycles. The second-order valence-electron chi connectivity index (χ2n) is 6.13. The predicted molar refractivity (Wildman–Crippen MR) is 104 cm³/mol. The number of aromatic nitrogens is 1. The maximum atomic E-state index is 14.1. The van der Waals surface area contributed by atoms with Gasteiger partial charge in [-0.1, -0.05) is 24.6 Å². The zero-order valence-electron chi connectivity index (χ0n) is 14.1. The van der Waals surface area contributed by atoms with Gasteiger partial charge in [0.15, 0.2) is 0 Å². The van der Waals surface area contributed by atoms with Gasteiger partial charge in [0.2, 0.25) is 0 Å². The molecule has 1 atom stereocenters. The molecule has 1 heterocycles. The van der Waals surface area contributed by atoms with Gasteiger partial charge in [-0.15, -0.1) is 0 Å². The molecule has 1 aromatic heterocycles. The Morgan fingerprint density at radius 3 is 2.67 bits per heavy atom. The summed E-state index contributed by atoms with van der Waals surface area (Å²) in [7, 11) is 0. The number of nitrogens with one attached hydrogen (secondary N) is 1. The number of aromatic amines is 1. The molecular weight excluding hydrogens is 341 g/mol. The highest BCUT2D eigenvalue weighted by Crippen LogP contribution is 2.37. The van der Waals surface area contributed by atoms with Crippen molar-refractivity contribution in [2.45, 2.75) is 31.9 Å².